The first-order chi connectivity index (χ1) is 6.83. The highest BCUT2D eigenvalue weighted by atomic mass is 79.9. The molecule has 0 aliphatic heterocycles. The van der Waals surface area contributed by atoms with Gasteiger partial charge in [0.05, 0.1) is 13.3 Å². The summed E-state index contributed by atoms with van der Waals surface area (Å²) in [7, 11) is 1.60. The lowest BCUT2D eigenvalue weighted by molar-refractivity contribution is 0.411. The fourth-order valence-corrected chi connectivity index (χ4v) is 1.63. The number of rotatable bonds is 2. The fraction of sp³-hybridized carbons (Fsp3) is 0.111. The van der Waals surface area contributed by atoms with Crippen molar-refractivity contribution in [2.75, 3.05) is 7.11 Å². The van der Waals surface area contributed by atoms with Gasteiger partial charge in [0.25, 0.3) is 0 Å². The Labute approximate surface area is 89.7 Å². The molecule has 4 nitrogen and oxygen atoms in total. The number of nitrogens with zero attached hydrogens (tertiary/aromatic N) is 3. The maximum absolute atomic E-state index is 5.09. The maximum atomic E-state index is 5.09. The normalized spacial score (nSPS) is 10.1. The first-order valence-corrected chi connectivity index (χ1v) is 4.81. The van der Waals surface area contributed by atoms with Gasteiger partial charge in [-0.25, -0.2) is 9.67 Å². The molecular formula is C9H8BrN3O. The third-order valence-electron chi connectivity index (χ3n) is 1.77. The highest BCUT2D eigenvalue weighted by molar-refractivity contribution is 9.10. The van der Waals surface area contributed by atoms with E-state index in [0.717, 1.165) is 10.4 Å². The zero-order chi connectivity index (χ0) is 9.97. The number of ether oxygens (including phenoxy) is 1. The number of hydrogen-bond donors (Lipinski definition) is 0. The van der Waals surface area contributed by atoms with E-state index in [9.17, 15) is 0 Å². The largest absolute Gasteiger partial charge is 0.492 e. The lowest BCUT2D eigenvalue weighted by Crippen LogP contribution is -1.98. The second-order valence-electron chi connectivity index (χ2n) is 2.60. The Hall–Kier alpha value is -1.36. The van der Waals surface area contributed by atoms with Crippen molar-refractivity contribution in [2.24, 2.45) is 0 Å². The molecule has 0 amide bonds. The summed E-state index contributed by atoms with van der Waals surface area (Å²) in [6.45, 7) is 0. The minimum absolute atomic E-state index is 0.690. The molecule has 0 fully saturated rings. The number of pyridine rings is 1. The van der Waals surface area contributed by atoms with Crippen molar-refractivity contribution in [2.45, 2.75) is 0 Å². The Morgan fingerprint density at radius 3 is 2.86 bits per heavy atom. The van der Waals surface area contributed by atoms with Crippen LogP contribution < -0.4 is 4.74 Å². The summed E-state index contributed by atoms with van der Waals surface area (Å²) >= 11 is 3.38. The zero-order valence-electron chi connectivity index (χ0n) is 7.51. The van der Waals surface area contributed by atoms with Crippen LogP contribution in [0.1, 0.15) is 0 Å². The van der Waals surface area contributed by atoms with E-state index in [1.165, 1.54) is 0 Å². The Kier molecular flexibility index (Phi) is 2.49. The van der Waals surface area contributed by atoms with Crippen LogP contribution in [0.15, 0.2) is 35.2 Å². The van der Waals surface area contributed by atoms with Crippen molar-refractivity contribution < 1.29 is 4.74 Å². The Bertz CT molecular complexity index is 427. The van der Waals surface area contributed by atoms with E-state index in [0.29, 0.717) is 5.75 Å². The second-order valence-corrected chi connectivity index (χ2v) is 3.35. The van der Waals surface area contributed by atoms with E-state index >= 15 is 0 Å². The first-order valence-electron chi connectivity index (χ1n) is 4.02. The molecule has 14 heavy (non-hydrogen) atoms. The summed E-state index contributed by atoms with van der Waals surface area (Å²) in [5, 5.41) is 4.14. The van der Waals surface area contributed by atoms with Crippen LogP contribution in [0.25, 0.3) is 5.82 Å². The van der Waals surface area contributed by atoms with Gasteiger partial charge < -0.3 is 4.74 Å². The van der Waals surface area contributed by atoms with Gasteiger partial charge in [-0.3, -0.25) is 0 Å². The molecule has 0 radical (unpaired) electrons. The maximum Gasteiger partial charge on any atom is 0.171 e. The number of aromatic nitrogens is 3. The van der Waals surface area contributed by atoms with Crippen LogP contribution in [0.2, 0.25) is 0 Å². The third kappa shape index (κ3) is 1.50. The van der Waals surface area contributed by atoms with Gasteiger partial charge in [-0.2, -0.15) is 5.10 Å². The predicted octanol–water partition coefficient (Wildman–Crippen LogP) is 2.04. The van der Waals surface area contributed by atoms with Gasteiger partial charge in [0, 0.05) is 6.20 Å². The molecule has 0 unspecified atom stereocenters. The number of hydrogen-bond acceptors (Lipinski definition) is 3. The van der Waals surface area contributed by atoms with Crippen molar-refractivity contribution in [3.63, 3.8) is 0 Å². The quantitative estimate of drug-likeness (QED) is 0.823. The smallest absolute Gasteiger partial charge is 0.171 e. The van der Waals surface area contributed by atoms with Crippen LogP contribution in [-0.4, -0.2) is 21.9 Å². The van der Waals surface area contributed by atoms with Gasteiger partial charge in [-0.1, -0.05) is 6.07 Å². The van der Waals surface area contributed by atoms with Crippen LogP contribution in [0, 0.1) is 0 Å². The van der Waals surface area contributed by atoms with E-state index in [-0.39, 0.29) is 0 Å². The van der Waals surface area contributed by atoms with Gasteiger partial charge in [-0.15, -0.1) is 0 Å². The molecular weight excluding hydrogens is 246 g/mol. The predicted molar refractivity (Wildman–Crippen MR) is 55.6 cm³/mol. The summed E-state index contributed by atoms with van der Waals surface area (Å²) in [4.78, 5) is 4.17. The monoisotopic (exact) mass is 253 g/mol. The van der Waals surface area contributed by atoms with E-state index in [2.05, 4.69) is 26.0 Å². The van der Waals surface area contributed by atoms with Gasteiger partial charge in [0.2, 0.25) is 0 Å². The van der Waals surface area contributed by atoms with Gasteiger partial charge >= 0.3 is 0 Å². The second kappa shape index (κ2) is 3.79. The van der Waals surface area contributed by atoms with Gasteiger partial charge in [-0.05, 0) is 28.1 Å². The fourth-order valence-electron chi connectivity index (χ4n) is 1.09. The molecule has 2 aromatic rings. The van der Waals surface area contributed by atoms with E-state index in [1.807, 2.05) is 18.2 Å². The number of halogens is 1. The van der Waals surface area contributed by atoms with Crippen molar-refractivity contribution in [1.29, 1.82) is 0 Å². The average molecular weight is 254 g/mol. The Balaban J connectivity index is 2.48. The molecule has 0 saturated carbocycles. The van der Waals surface area contributed by atoms with Crippen molar-refractivity contribution in [3.8, 4) is 11.6 Å². The lowest BCUT2D eigenvalue weighted by atomic mass is 10.5. The average Bonchev–Trinajstić information content (AvgIpc) is 2.61. The van der Waals surface area contributed by atoms with Crippen molar-refractivity contribution in [1.82, 2.24) is 14.8 Å². The van der Waals surface area contributed by atoms with Crippen molar-refractivity contribution in [3.05, 3.63) is 35.2 Å². The first kappa shape index (κ1) is 9.21. The van der Waals surface area contributed by atoms with E-state index < -0.39 is 0 Å². The molecule has 5 heteroatoms. The SMILES string of the molecule is COc1cnn(-c2ccccn2)c1Br. The van der Waals surface area contributed by atoms with Crippen LogP contribution in [0.5, 0.6) is 5.75 Å². The molecule has 0 bridgehead atoms. The molecule has 0 spiro atoms. The van der Waals surface area contributed by atoms with Gasteiger partial charge in [0.1, 0.15) is 0 Å². The summed E-state index contributed by atoms with van der Waals surface area (Å²) in [6, 6.07) is 5.64. The molecule has 0 atom stereocenters. The molecule has 2 rings (SSSR count). The van der Waals surface area contributed by atoms with E-state index in [1.54, 1.807) is 24.2 Å². The van der Waals surface area contributed by atoms with Crippen LogP contribution >= 0.6 is 15.9 Å². The third-order valence-corrected chi connectivity index (χ3v) is 2.49. The number of methoxy groups -OCH3 is 1. The van der Waals surface area contributed by atoms with Crippen LogP contribution in [0.3, 0.4) is 0 Å². The lowest BCUT2D eigenvalue weighted by Gasteiger charge is -2.01. The molecule has 2 heterocycles. The highest BCUT2D eigenvalue weighted by Crippen LogP contribution is 2.25. The van der Waals surface area contributed by atoms with Crippen LogP contribution in [-0.2, 0) is 0 Å². The highest BCUT2D eigenvalue weighted by Gasteiger charge is 2.09. The van der Waals surface area contributed by atoms with Gasteiger partial charge in [0.15, 0.2) is 16.2 Å². The molecule has 72 valence electrons. The minimum Gasteiger partial charge on any atom is -0.492 e. The molecule has 0 aromatic carbocycles. The Morgan fingerprint density at radius 1 is 1.43 bits per heavy atom. The molecule has 0 aliphatic carbocycles. The minimum atomic E-state index is 0.690. The summed E-state index contributed by atoms with van der Waals surface area (Å²) in [5.74, 6) is 1.44. The molecule has 0 aliphatic rings. The topological polar surface area (TPSA) is 39.9 Å². The molecule has 2 aromatic heterocycles. The summed E-state index contributed by atoms with van der Waals surface area (Å²) in [5.41, 5.74) is 0. The molecule has 0 saturated heterocycles. The standard InChI is InChI=1S/C9H8BrN3O/c1-14-7-6-12-13(9(7)10)8-4-2-3-5-11-8/h2-6H,1H3. The van der Waals surface area contributed by atoms with Crippen LogP contribution in [0.4, 0.5) is 0 Å². The van der Waals surface area contributed by atoms with E-state index in [4.69, 9.17) is 4.74 Å². The van der Waals surface area contributed by atoms with Crippen molar-refractivity contribution >= 4 is 15.9 Å². The zero-order valence-corrected chi connectivity index (χ0v) is 9.10. The Morgan fingerprint density at radius 2 is 2.29 bits per heavy atom. The summed E-state index contributed by atoms with van der Waals surface area (Å²) in [6.07, 6.45) is 3.36. The molecule has 0 N–H and O–H groups in total. The summed E-state index contributed by atoms with van der Waals surface area (Å²) < 4.78 is 7.52.